The lowest BCUT2D eigenvalue weighted by atomic mass is 9.99. The molecular formula is C20H17FN6O2. The van der Waals surface area contributed by atoms with Crippen LogP contribution in [0.3, 0.4) is 0 Å². The summed E-state index contributed by atoms with van der Waals surface area (Å²) in [6, 6.07) is 10.4. The second-order valence-electron chi connectivity index (χ2n) is 6.22. The van der Waals surface area contributed by atoms with Gasteiger partial charge in [0.05, 0.1) is 17.7 Å². The van der Waals surface area contributed by atoms with Gasteiger partial charge in [0, 0.05) is 34.7 Å². The third kappa shape index (κ3) is 3.83. The van der Waals surface area contributed by atoms with Crippen molar-refractivity contribution in [1.29, 1.82) is 5.26 Å². The van der Waals surface area contributed by atoms with E-state index in [1.54, 1.807) is 19.1 Å². The molecule has 1 unspecified atom stereocenters. The van der Waals surface area contributed by atoms with Crippen LogP contribution in [0.4, 0.5) is 10.1 Å². The van der Waals surface area contributed by atoms with Crippen molar-refractivity contribution >= 4 is 22.6 Å². The maximum atomic E-state index is 13.3. The topological polar surface area (TPSA) is 127 Å². The van der Waals surface area contributed by atoms with Crippen molar-refractivity contribution in [1.82, 2.24) is 5.32 Å². The molecule has 0 aliphatic carbocycles. The van der Waals surface area contributed by atoms with Crippen molar-refractivity contribution in [3.8, 4) is 17.4 Å². The first-order valence-electron chi connectivity index (χ1n) is 8.73. The molecule has 2 aromatic carbocycles. The maximum Gasteiger partial charge on any atom is 0.255 e. The molecule has 0 fully saturated rings. The van der Waals surface area contributed by atoms with E-state index in [1.807, 2.05) is 6.07 Å². The van der Waals surface area contributed by atoms with Gasteiger partial charge < -0.3 is 15.1 Å². The molecule has 2 N–H and O–H groups in total. The minimum Gasteiger partial charge on any atom is -0.455 e. The van der Waals surface area contributed by atoms with E-state index < -0.39 is 11.9 Å². The van der Waals surface area contributed by atoms with E-state index in [2.05, 4.69) is 20.7 Å². The summed E-state index contributed by atoms with van der Waals surface area (Å²) in [5.74, 6) is -0.484. The quantitative estimate of drug-likeness (QED) is 0.267. The summed E-state index contributed by atoms with van der Waals surface area (Å²) in [7, 11) is 1.50. The number of hydrogen-bond acceptors (Lipinski definition) is 5. The molecule has 0 saturated carbocycles. The number of fused-ring (bicyclic) bond motifs is 1. The van der Waals surface area contributed by atoms with Crippen molar-refractivity contribution in [3.05, 3.63) is 63.8 Å². The molecule has 146 valence electrons. The van der Waals surface area contributed by atoms with Gasteiger partial charge in [0.15, 0.2) is 0 Å². The minimum atomic E-state index is -0.549. The first kappa shape index (κ1) is 19.7. The van der Waals surface area contributed by atoms with Crippen LogP contribution in [0.25, 0.3) is 32.7 Å². The molecule has 3 aromatic rings. The molecule has 0 aliphatic rings. The minimum absolute atomic E-state index is 0.0370. The van der Waals surface area contributed by atoms with Gasteiger partial charge >= 0.3 is 0 Å². The second-order valence-corrected chi connectivity index (χ2v) is 6.22. The second kappa shape index (κ2) is 8.33. The predicted molar refractivity (Wildman–Crippen MR) is 107 cm³/mol. The first-order chi connectivity index (χ1) is 14.0. The number of nitrogens with zero attached hydrogens (tertiary/aromatic N) is 4. The zero-order valence-corrected chi connectivity index (χ0v) is 15.7. The van der Waals surface area contributed by atoms with E-state index in [0.29, 0.717) is 33.5 Å². The van der Waals surface area contributed by atoms with E-state index in [1.165, 1.54) is 31.3 Å². The molecule has 1 heterocycles. The van der Waals surface area contributed by atoms with Crippen LogP contribution in [0.5, 0.6) is 0 Å². The van der Waals surface area contributed by atoms with E-state index in [0.717, 1.165) is 0 Å². The Labute approximate surface area is 165 Å². The van der Waals surface area contributed by atoms with Crippen LogP contribution >= 0.6 is 0 Å². The van der Waals surface area contributed by atoms with Crippen molar-refractivity contribution in [2.24, 2.45) is 5.11 Å². The number of amides is 1. The summed E-state index contributed by atoms with van der Waals surface area (Å²) in [6.07, 6.45) is 0. The highest BCUT2D eigenvalue weighted by Crippen LogP contribution is 2.38. The fourth-order valence-electron chi connectivity index (χ4n) is 3.09. The van der Waals surface area contributed by atoms with Crippen LogP contribution in [-0.4, -0.2) is 19.5 Å². The molecule has 29 heavy (non-hydrogen) atoms. The number of azide groups is 1. The molecule has 1 amide bonds. The molecule has 0 bridgehead atoms. The number of rotatable bonds is 6. The SMILES string of the molecule is CNC(=O)c1c(-c2ccc(F)cc2)oc2cc(NCC#N)c(C(C)N=[N+]=[N-])cc12. The van der Waals surface area contributed by atoms with Gasteiger partial charge in [0.2, 0.25) is 0 Å². The van der Waals surface area contributed by atoms with Crippen LogP contribution < -0.4 is 10.6 Å². The normalized spacial score (nSPS) is 11.4. The number of furan rings is 1. The lowest BCUT2D eigenvalue weighted by molar-refractivity contribution is 0.0964. The number of nitriles is 1. The average Bonchev–Trinajstić information content (AvgIpc) is 3.09. The first-order valence-corrected chi connectivity index (χ1v) is 8.73. The van der Waals surface area contributed by atoms with Gasteiger partial charge in [-0.3, -0.25) is 4.79 Å². The van der Waals surface area contributed by atoms with Crippen molar-refractivity contribution in [3.63, 3.8) is 0 Å². The van der Waals surface area contributed by atoms with Crippen LogP contribution in [0, 0.1) is 17.1 Å². The smallest absolute Gasteiger partial charge is 0.255 e. The molecule has 3 rings (SSSR count). The summed E-state index contributed by atoms with van der Waals surface area (Å²) in [4.78, 5) is 15.5. The number of hydrogen-bond donors (Lipinski definition) is 2. The van der Waals surface area contributed by atoms with Crippen molar-refractivity contribution < 1.29 is 13.6 Å². The maximum absolute atomic E-state index is 13.3. The van der Waals surface area contributed by atoms with E-state index >= 15 is 0 Å². The molecule has 0 radical (unpaired) electrons. The number of halogens is 1. The van der Waals surface area contributed by atoms with Crippen molar-refractivity contribution in [2.45, 2.75) is 13.0 Å². The number of carbonyl (C=O) groups is 1. The van der Waals surface area contributed by atoms with Gasteiger partial charge in [0.25, 0.3) is 5.91 Å². The fourth-order valence-corrected chi connectivity index (χ4v) is 3.09. The van der Waals surface area contributed by atoms with Gasteiger partial charge in [-0.15, -0.1) is 0 Å². The third-order valence-corrected chi connectivity index (χ3v) is 4.45. The summed E-state index contributed by atoms with van der Waals surface area (Å²) in [6.45, 7) is 1.74. The average molecular weight is 392 g/mol. The Kier molecular flexibility index (Phi) is 5.67. The largest absolute Gasteiger partial charge is 0.455 e. The van der Waals surface area contributed by atoms with E-state index in [4.69, 9.17) is 15.2 Å². The molecule has 8 nitrogen and oxygen atoms in total. The van der Waals surface area contributed by atoms with E-state index in [9.17, 15) is 9.18 Å². The standard InChI is InChI=1S/C20H17FN6O2/c1-11(26-27-23)14-9-15-17(10-16(14)25-8-7-22)29-19(18(15)20(28)24-2)12-3-5-13(21)6-4-12/h3-6,9-11,25H,8H2,1-2H3,(H,24,28). The van der Waals surface area contributed by atoms with Gasteiger partial charge in [-0.2, -0.15) is 5.26 Å². The Bertz CT molecular complexity index is 1160. The highest BCUT2D eigenvalue weighted by atomic mass is 19.1. The number of anilines is 1. The summed E-state index contributed by atoms with van der Waals surface area (Å²) in [5, 5.41) is 18.7. The zero-order chi connectivity index (χ0) is 21.0. The summed E-state index contributed by atoms with van der Waals surface area (Å²) >= 11 is 0. The molecule has 0 saturated heterocycles. The Morgan fingerprint density at radius 1 is 1.38 bits per heavy atom. The number of nitrogens with one attached hydrogen (secondary N) is 2. The predicted octanol–water partition coefficient (Wildman–Crippen LogP) is 4.91. The monoisotopic (exact) mass is 392 g/mol. The van der Waals surface area contributed by atoms with E-state index in [-0.39, 0.29) is 18.0 Å². The number of carbonyl (C=O) groups excluding carboxylic acids is 1. The Morgan fingerprint density at radius 2 is 2.10 bits per heavy atom. The molecule has 1 atom stereocenters. The van der Waals surface area contributed by atoms with Crippen LogP contribution in [0.15, 0.2) is 45.9 Å². The lowest BCUT2D eigenvalue weighted by Gasteiger charge is -2.13. The van der Waals surface area contributed by atoms with Crippen LogP contribution in [0.2, 0.25) is 0 Å². The third-order valence-electron chi connectivity index (χ3n) is 4.45. The summed E-state index contributed by atoms with van der Waals surface area (Å²) in [5.41, 5.74) is 11.2. The Morgan fingerprint density at radius 3 is 2.72 bits per heavy atom. The van der Waals surface area contributed by atoms with Gasteiger partial charge in [-0.05, 0) is 41.4 Å². The highest BCUT2D eigenvalue weighted by Gasteiger charge is 2.24. The lowest BCUT2D eigenvalue weighted by Crippen LogP contribution is -2.18. The molecule has 0 aliphatic heterocycles. The Balaban J connectivity index is 2.31. The molecule has 1 aromatic heterocycles. The van der Waals surface area contributed by atoms with Gasteiger partial charge in [0.1, 0.15) is 23.7 Å². The van der Waals surface area contributed by atoms with Crippen LogP contribution in [-0.2, 0) is 0 Å². The van der Waals surface area contributed by atoms with Gasteiger partial charge in [-0.1, -0.05) is 12.0 Å². The Hall–Kier alpha value is -4.02. The number of benzene rings is 2. The molecule has 9 heteroatoms. The summed E-state index contributed by atoms with van der Waals surface area (Å²) < 4.78 is 19.3. The highest BCUT2D eigenvalue weighted by molar-refractivity contribution is 6.11. The van der Waals surface area contributed by atoms with Gasteiger partial charge in [-0.25, -0.2) is 4.39 Å². The van der Waals surface area contributed by atoms with Crippen molar-refractivity contribution in [2.75, 3.05) is 18.9 Å². The van der Waals surface area contributed by atoms with Crippen LogP contribution in [0.1, 0.15) is 28.9 Å². The zero-order valence-electron chi connectivity index (χ0n) is 15.7. The molecular weight excluding hydrogens is 375 g/mol. The fraction of sp³-hybridized carbons (Fsp3) is 0.200. The molecule has 0 spiro atoms.